The number of H-pyrrole nitrogens is 2. The molecule has 1 heterocycles. The van der Waals surface area contributed by atoms with Crippen molar-refractivity contribution in [3.8, 4) is 17.2 Å². The molecule has 1 aliphatic carbocycles. The maximum absolute atomic E-state index is 11.4. The number of hydrogen-bond acceptors (Lipinski definition) is 2. The second kappa shape index (κ2) is 4.88. The van der Waals surface area contributed by atoms with Gasteiger partial charge in [0.25, 0.3) is 0 Å². The number of imidazole rings is 1. The van der Waals surface area contributed by atoms with E-state index in [2.05, 4.69) is 22.1 Å². The Morgan fingerprint density at radius 2 is 1.95 bits per heavy atom. The minimum atomic E-state index is -0.195. The van der Waals surface area contributed by atoms with E-state index in [0.29, 0.717) is 12.3 Å². The molecule has 0 aliphatic heterocycles. The Bertz CT molecular complexity index is 954. The van der Waals surface area contributed by atoms with Crippen molar-refractivity contribution >= 4 is 11.0 Å². The maximum Gasteiger partial charge on any atom is 0.323 e. The van der Waals surface area contributed by atoms with Crippen LogP contribution in [-0.2, 0) is 6.42 Å². The second-order valence-corrected chi connectivity index (χ2v) is 5.83. The fourth-order valence-corrected chi connectivity index (χ4v) is 3.13. The first-order valence-electron chi connectivity index (χ1n) is 7.47. The molecule has 0 amide bonds. The lowest BCUT2D eigenvalue weighted by atomic mass is 9.90. The second-order valence-electron chi connectivity index (χ2n) is 5.83. The average molecular weight is 289 g/mol. The lowest BCUT2D eigenvalue weighted by Gasteiger charge is -2.13. The number of aromatic nitrogens is 2. The zero-order chi connectivity index (χ0) is 15.1. The first-order valence-corrected chi connectivity index (χ1v) is 7.47. The molecule has 22 heavy (non-hydrogen) atoms. The normalized spacial score (nSPS) is 14.1. The van der Waals surface area contributed by atoms with E-state index >= 15 is 0 Å². The third kappa shape index (κ3) is 2.11. The van der Waals surface area contributed by atoms with E-state index in [1.165, 1.54) is 18.4 Å². The molecule has 1 aliphatic rings. The third-order valence-electron chi connectivity index (χ3n) is 4.27. The van der Waals surface area contributed by atoms with E-state index in [9.17, 15) is 4.79 Å². The van der Waals surface area contributed by atoms with Crippen LogP contribution in [0.15, 0.2) is 41.2 Å². The molecule has 1 aromatic heterocycles. The van der Waals surface area contributed by atoms with Crippen molar-refractivity contribution in [1.29, 1.82) is 5.26 Å². The van der Waals surface area contributed by atoms with Gasteiger partial charge < -0.3 is 9.97 Å². The Morgan fingerprint density at radius 1 is 1.14 bits per heavy atom. The summed E-state index contributed by atoms with van der Waals surface area (Å²) in [6, 6.07) is 14.4. The van der Waals surface area contributed by atoms with Crippen molar-refractivity contribution in [2.24, 2.45) is 0 Å². The Labute approximate surface area is 127 Å². The summed E-state index contributed by atoms with van der Waals surface area (Å²) in [5.74, 6) is 0.606. The standard InChI is InChI=1S/C18H15N3O/c19-9-8-12-2-1-3-14(11-4-5-11)17(12)13-6-7-15-16(10-13)21-18(22)20-15/h1-3,6-7,10-11H,4-5,8H2,(H2,20,21,22). The molecule has 0 atom stereocenters. The zero-order valence-corrected chi connectivity index (χ0v) is 12.0. The van der Waals surface area contributed by atoms with Crippen LogP contribution in [0.1, 0.15) is 29.9 Å². The SMILES string of the molecule is N#CCc1cccc(C2CC2)c1-c1ccc2[nH]c(=O)[nH]c2c1. The van der Waals surface area contributed by atoms with Crippen LogP contribution in [0.25, 0.3) is 22.2 Å². The predicted octanol–water partition coefficient (Wildman–Crippen LogP) is 3.47. The highest BCUT2D eigenvalue weighted by atomic mass is 16.1. The largest absolute Gasteiger partial charge is 0.323 e. The van der Waals surface area contributed by atoms with Crippen LogP contribution in [0.3, 0.4) is 0 Å². The molecule has 3 aromatic rings. The van der Waals surface area contributed by atoms with E-state index in [-0.39, 0.29) is 5.69 Å². The van der Waals surface area contributed by atoms with E-state index in [1.54, 1.807) is 0 Å². The van der Waals surface area contributed by atoms with Crippen LogP contribution in [0.4, 0.5) is 0 Å². The van der Waals surface area contributed by atoms with E-state index in [4.69, 9.17) is 5.26 Å². The molecular formula is C18H15N3O. The first kappa shape index (κ1) is 12.9. The number of aromatic amines is 2. The predicted molar refractivity (Wildman–Crippen MR) is 85.6 cm³/mol. The molecule has 4 heteroatoms. The van der Waals surface area contributed by atoms with Crippen LogP contribution in [-0.4, -0.2) is 9.97 Å². The molecule has 4 rings (SSSR count). The molecule has 108 valence electrons. The van der Waals surface area contributed by atoms with Gasteiger partial charge >= 0.3 is 5.69 Å². The highest BCUT2D eigenvalue weighted by molar-refractivity contribution is 5.84. The molecule has 0 spiro atoms. The average Bonchev–Trinajstić information content (AvgIpc) is 3.28. The van der Waals surface area contributed by atoms with Crippen LogP contribution in [0.2, 0.25) is 0 Å². The summed E-state index contributed by atoms with van der Waals surface area (Å²) in [6.45, 7) is 0. The van der Waals surface area contributed by atoms with Gasteiger partial charge in [-0.3, -0.25) is 0 Å². The first-order chi connectivity index (χ1) is 10.8. The Morgan fingerprint density at radius 3 is 2.73 bits per heavy atom. The quantitative estimate of drug-likeness (QED) is 0.775. The number of rotatable bonds is 3. The van der Waals surface area contributed by atoms with Gasteiger partial charge in [0.1, 0.15) is 0 Å². The summed E-state index contributed by atoms with van der Waals surface area (Å²) in [5.41, 5.74) is 6.02. The summed E-state index contributed by atoms with van der Waals surface area (Å²) in [5, 5.41) is 9.11. The van der Waals surface area contributed by atoms with Gasteiger partial charge in [0.05, 0.1) is 23.5 Å². The molecule has 0 radical (unpaired) electrons. The third-order valence-corrected chi connectivity index (χ3v) is 4.27. The highest BCUT2D eigenvalue weighted by Crippen LogP contribution is 2.45. The minimum Gasteiger partial charge on any atom is -0.306 e. The van der Waals surface area contributed by atoms with Crippen LogP contribution in [0, 0.1) is 11.3 Å². The fraction of sp³-hybridized carbons (Fsp3) is 0.222. The number of benzene rings is 2. The topological polar surface area (TPSA) is 72.4 Å². The summed E-state index contributed by atoms with van der Waals surface area (Å²) in [6.07, 6.45) is 2.83. The Balaban J connectivity index is 1.95. The van der Waals surface area contributed by atoms with Gasteiger partial charge in [0.15, 0.2) is 0 Å². The Hall–Kier alpha value is -2.80. The lowest BCUT2D eigenvalue weighted by molar-refractivity contribution is 1.11. The van der Waals surface area contributed by atoms with Crippen LogP contribution >= 0.6 is 0 Å². The molecular weight excluding hydrogens is 274 g/mol. The zero-order valence-electron chi connectivity index (χ0n) is 12.0. The number of fused-ring (bicyclic) bond motifs is 1. The van der Waals surface area contributed by atoms with Gasteiger partial charge in [-0.25, -0.2) is 4.79 Å². The Kier molecular flexibility index (Phi) is 2.87. The molecule has 1 saturated carbocycles. The number of nitrogens with one attached hydrogen (secondary N) is 2. The monoisotopic (exact) mass is 289 g/mol. The van der Waals surface area contributed by atoms with Crippen molar-refractivity contribution in [3.63, 3.8) is 0 Å². The van der Waals surface area contributed by atoms with Gasteiger partial charge in [-0.1, -0.05) is 24.3 Å². The minimum absolute atomic E-state index is 0.195. The van der Waals surface area contributed by atoms with Gasteiger partial charge in [-0.05, 0) is 53.1 Å². The van der Waals surface area contributed by atoms with Crippen molar-refractivity contribution in [2.75, 3.05) is 0 Å². The van der Waals surface area contributed by atoms with Crippen molar-refractivity contribution in [1.82, 2.24) is 9.97 Å². The molecule has 0 saturated heterocycles. The number of nitriles is 1. The molecule has 0 unspecified atom stereocenters. The van der Waals surface area contributed by atoms with Gasteiger partial charge in [-0.15, -0.1) is 0 Å². The number of nitrogens with zero attached hydrogens (tertiary/aromatic N) is 1. The lowest BCUT2D eigenvalue weighted by Crippen LogP contribution is -1.99. The maximum atomic E-state index is 11.4. The summed E-state index contributed by atoms with van der Waals surface area (Å²) < 4.78 is 0. The molecule has 4 nitrogen and oxygen atoms in total. The van der Waals surface area contributed by atoms with Gasteiger partial charge in [0.2, 0.25) is 0 Å². The van der Waals surface area contributed by atoms with Crippen LogP contribution < -0.4 is 5.69 Å². The van der Waals surface area contributed by atoms with Crippen molar-refractivity contribution in [3.05, 3.63) is 58.0 Å². The van der Waals surface area contributed by atoms with Crippen LogP contribution in [0.5, 0.6) is 0 Å². The summed E-state index contributed by atoms with van der Waals surface area (Å²) in [7, 11) is 0. The molecule has 2 aromatic carbocycles. The van der Waals surface area contributed by atoms with E-state index < -0.39 is 0 Å². The number of hydrogen-bond donors (Lipinski definition) is 2. The van der Waals surface area contributed by atoms with Gasteiger partial charge in [-0.2, -0.15) is 5.26 Å². The highest BCUT2D eigenvalue weighted by Gasteiger charge is 2.27. The van der Waals surface area contributed by atoms with E-state index in [1.807, 2.05) is 30.3 Å². The smallest absolute Gasteiger partial charge is 0.306 e. The molecule has 2 N–H and O–H groups in total. The van der Waals surface area contributed by atoms with Crippen molar-refractivity contribution in [2.45, 2.75) is 25.2 Å². The fourth-order valence-electron chi connectivity index (χ4n) is 3.13. The molecule has 1 fully saturated rings. The summed E-state index contributed by atoms with van der Waals surface area (Å²) in [4.78, 5) is 17.0. The van der Waals surface area contributed by atoms with Gasteiger partial charge in [0, 0.05) is 0 Å². The molecule has 0 bridgehead atoms. The summed E-state index contributed by atoms with van der Waals surface area (Å²) >= 11 is 0. The van der Waals surface area contributed by atoms with Crippen molar-refractivity contribution < 1.29 is 0 Å². The van der Waals surface area contributed by atoms with E-state index in [0.717, 1.165) is 27.7 Å².